The average Bonchev–Trinajstić information content (AvgIpc) is 3.18. The number of aliphatic carboxylic acids is 1. The number of carbonyl (C=O) groups is 2. The third-order valence-corrected chi connectivity index (χ3v) is 10.6. The van der Waals surface area contributed by atoms with E-state index in [2.05, 4.69) is 9.73 Å². The number of nitrogens with zero attached hydrogens (tertiary/aromatic N) is 1. The molecule has 16 atom stereocenters. The molecule has 3 aliphatic heterocycles. The monoisotopic (exact) mass is 904 g/mol. The number of nitrogens with two attached hydrogens (primary N) is 1. The number of carboxylic acids is 1. The van der Waals surface area contributed by atoms with Crippen molar-refractivity contribution in [1.82, 2.24) is 0 Å². The van der Waals surface area contributed by atoms with Gasteiger partial charge in [-0.3, -0.25) is 14.3 Å². The summed E-state index contributed by atoms with van der Waals surface area (Å²) in [4.78, 5) is 27.6. The Bertz CT molecular complexity index is 1470. The van der Waals surface area contributed by atoms with Gasteiger partial charge in [0, 0.05) is 19.4 Å². The van der Waals surface area contributed by atoms with Gasteiger partial charge >= 0.3 is 41.5 Å². The van der Waals surface area contributed by atoms with Crippen LogP contribution >= 0.6 is 0 Å². The van der Waals surface area contributed by atoms with Crippen LogP contribution in [-0.4, -0.2) is 219 Å². The van der Waals surface area contributed by atoms with E-state index in [1.807, 2.05) is 0 Å². The van der Waals surface area contributed by atoms with Crippen molar-refractivity contribution in [2.24, 2.45) is 10.7 Å². The molecule has 0 aromatic carbocycles. The Morgan fingerprint density at radius 3 is 2.08 bits per heavy atom. The number of carbonyl (C=O) groups excluding carboxylic acids is 1. The third-order valence-electron chi connectivity index (χ3n) is 10.0. The molecule has 3 rings (SSSR count). The van der Waals surface area contributed by atoms with Gasteiger partial charge in [-0.25, -0.2) is 4.79 Å². The molecule has 3 fully saturated rings. The van der Waals surface area contributed by atoms with Crippen molar-refractivity contribution in [1.29, 1.82) is 0 Å². The average molecular weight is 905 g/mol. The van der Waals surface area contributed by atoms with E-state index in [1.54, 1.807) is 0 Å². The maximum atomic E-state index is 12.7. The molecule has 3 heterocycles. The van der Waals surface area contributed by atoms with E-state index in [1.165, 1.54) is 7.11 Å². The second kappa shape index (κ2) is 25.2. The Kier molecular flexibility index (Phi) is 23.1. The van der Waals surface area contributed by atoms with E-state index in [4.69, 9.17) is 34.2 Å². The minimum absolute atomic E-state index is 0. The summed E-state index contributed by atoms with van der Waals surface area (Å²) < 4.78 is 70.5. The van der Waals surface area contributed by atoms with Crippen LogP contribution in [0, 0.1) is 0 Å². The van der Waals surface area contributed by atoms with Gasteiger partial charge in [0.1, 0.15) is 72.8 Å². The third kappa shape index (κ3) is 14.9. The summed E-state index contributed by atoms with van der Waals surface area (Å²) in [5.74, 6) is -8.29. The van der Waals surface area contributed by atoms with E-state index in [-0.39, 0.29) is 48.6 Å². The molecular formula is C33H57N2NaO23S. The standard InChI is InChI=1S/C33H58N2O23S.Na/c1-52-20(42)8-6-4-2-3-5-7-9-53-30-22(35-19(41)14-59(49,50)51)25(45)27(18(13-38)55-30)56-31-26(46)29(24(44)17(12-37)54-31)58-33(32(47)48)10-15(39)21(34)28(57-33)23(43)16(40)11-36;/h15-18,21-31,36-40,43-46H,2-14,34H2,1H3,(H,35,41)(H,47,48)(H,49,50,51);/q;+1/p-1/t15-,16+,17+,18+,21+,22+,23+,24-,25+,26+,27+,28+,29-,30+,31-,33-;/m0./s1. The quantitative estimate of drug-likeness (QED) is 0.0113. The molecule has 344 valence electrons. The number of hydrogen-bond acceptors (Lipinski definition) is 23. The molecule has 3 aliphatic rings. The molecule has 0 aromatic rings. The van der Waals surface area contributed by atoms with Gasteiger partial charge in [-0.15, -0.1) is 0 Å². The molecule has 0 unspecified atom stereocenters. The van der Waals surface area contributed by atoms with Crippen molar-refractivity contribution in [2.75, 3.05) is 39.3 Å². The van der Waals surface area contributed by atoms with Gasteiger partial charge in [-0.1, -0.05) is 25.7 Å². The predicted octanol–water partition coefficient (Wildman–Crippen LogP) is -9.81. The van der Waals surface area contributed by atoms with Gasteiger partial charge < -0.3 is 95.1 Å². The topological polar surface area (TPSA) is 417 Å². The molecule has 0 aromatic heterocycles. The Hall–Kier alpha value is -1.32. The number of aliphatic imine (C=N–C) groups is 1. The first-order chi connectivity index (χ1) is 27.7. The van der Waals surface area contributed by atoms with Crippen LogP contribution in [0.4, 0.5) is 0 Å². The number of ether oxygens (including phenoxy) is 7. The number of hydrogen-bond donors (Lipinski definition) is 12. The number of unbranched alkanes of at least 4 members (excludes halogenated alkanes) is 5. The summed E-state index contributed by atoms with van der Waals surface area (Å²) >= 11 is 0. The van der Waals surface area contributed by atoms with Crippen LogP contribution in [-0.2, 0) is 52.9 Å². The number of aliphatic hydroxyl groups excluding tert-OH is 9. The summed E-state index contributed by atoms with van der Waals surface area (Å²) in [7, 11) is -3.60. The largest absolute Gasteiger partial charge is 1.00 e. The summed E-state index contributed by atoms with van der Waals surface area (Å²) in [6, 6.07) is -3.36. The Labute approximate surface area is 367 Å². The van der Waals surface area contributed by atoms with Gasteiger partial charge in [-0.2, -0.15) is 8.42 Å². The second-order valence-corrected chi connectivity index (χ2v) is 15.8. The first kappa shape index (κ1) is 54.8. The molecule has 0 amide bonds. The first-order valence-corrected chi connectivity index (χ1v) is 20.4. The maximum absolute atomic E-state index is 12.7. The molecule has 0 bridgehead atoms. The Balaban J connectivity index is 0.0000124. The zero-order valence-electron chi connectivity index (χ0n) is 33.1. The van der Waals surface area contributed by atoms with E-state index in [0.717, 1.165) is 19.3 Å². The van der Waals surface area contributed by atoms with E-state index in [9.17, 15) is 78.7 Å². The summed E-state index contributed by atoms with van der Waals surface area (Å²) in [5.41, 5.74) is 5.89. The minimum atomic E-state index is -4.90. The molecule has 60 heavy (non-hydrogen) atoms. The molecule has 25 nitrogen and oxygen atoms in total. The zero-order chi connectivity index (χ0) is 44.2. The van der Waals surface area contributed by atoms with Gasteiger partial charge in [-0.05, 0) is 18.7 Å². The molecular weight excluding hydrogens is 847 g/mol. The van der Waals surface area contributed by atoms with Crippen LogP contribution in [0.1, 0.15) is 51.4 Å². The van der Waals surface area contributed by atoms with Crippen molar-refractivity contribution in [3.05, 3.63) is 0 Å². The number of rotatable bonds is 23. The molecule has 3 saturated heterocycles. The van der Waals surface area contributed by atoms with Crippen molar-refractivity contribution < 1.29 is 141 Å². The molecule has 27 heteroatoms. The fourth-order valence-corrected chi connectivity index (χ4v) is 7.17. The number of carboxylic acid groups (broad SMARTS) is 1. The summed E-state index contributed by atoms with van der Waals surface area (Å²) in [6.45, 7) is -3.07. The molecule has 0 radical (unpaired) electrons. The number of methoxy groups -OCH3 is 1. The van der Waals surface area contributed by atoms with Crippen molar-refractivity contribution >= 4 is 28.0 Å². The van der Waals surface area contributed by atoms with Crippen LogP contribution in [0.25, 0.3) is 0 Å². The van der Waals surface area contributed by atoms with Crippen LogP contribution in [0.2, 0.25) is 0 Å². The van der Waals surface area contributed by atoms with Gasteiger partial charge in [0.25, 0.3) is 15.9 Å². The fraction of sp³-hybridized carbons (Fsp3) is 0.909. The van der Waals surface area contributed by atoms with E-state index >= 15 is 0 Å². The van der Waals surface area contributed by atoms with Gasteiger partial charge in [0.05, 0.1) is 39.1 Å². The van der Waals surface area contributed by atoms with Crippen LogP contribution < -0.4 is 40.4 Å². The van der Waals surface area contributed by atoms with Crippen LogP contribution in [0.15, 0.2) is 4.99 Å². The Morgan fingerprint density at radius 1 is 0.917 bits per heavy atom. The van der Waals surface area contributed by atoms with Crippen molar-refractivity contribution in [3.63, 3.8) is 0 Å². The number of esters is 1. The Morgan fingerprint density at radius 2 is 1.52 bits per heavy atom. The number of aliphatic hydroxyl groups is 9. The van der Waals surface area contributed by atoms with Crippen molar-refractivity contribution in [2.45, 2.75) is 149 Å². The molecule has 0 saturated carbocycles. The normalized spacial score (nSPS) is 36.2. The molecule has 0 aliphatic carbocycles. The van der Waals surface area contributed by atoms with Gasteiger partial charge in [0.15, 0.2) is 12.6 Å². The van der Waals surface area contributed by atoms with Gasteiger partial charge in [0.2, 0.25) is 0 Å². The second-order valence-electron chi connectivity index (χ2n) is 14.4. The summed E-state index contributed by atoms with van der Waals surface area (Å²) in [6.07, 6.45) is -22.0. The smallest absolute Gasteiger partial charge is 0.861 e. The zero-order valence-corrected chi connectivity index (χ0v) is 35.9. The fourth-order valence-electron chi connectivity index (χ4n) is 6.78. The van der Waals surface area contributed by atoms with E-state index in [0.29, 0.717) is 19.3 Å². The predicted molar refractivity (Wildman–Crippen MR) is 190 cm³/mol. The van der Waals surface area contributed by atoms with E-state index < -0.39 is 152 Å². The van der Waals surface area contributed by atoms with Crippen LogP contribution in [0.5, 0.6) is 0 Å². The van der Waals surface area contributed by atoms with Crippen molar-refractivity contribution in [3.8, 4) is 0 Å². The molecule has 0 spiro atoms. The summed E-state index contributed by atoms with van der Waals surface area (Å²) in [5, 5.41) is 118. The SMILES string of the molecule is COC(=O)CCCCCCCCO[C@@H]1O[C@H](CO)[C@@H](O[C@@H]2O[C@H](CO)[C@H](O)[C@H](O[C@]3(C(=O)O)C[C@H](O)[C@@H](N)[C@H]([C@H](O)[C@H](O)CO)O3)[C@H]2O)[C@H](O)[C@H]1N=C([O-])CS(=O)(=O)O.[Na+]. The minimum Gasteiger partial charge on any atom is -0.861 e. The first-order valence-electron chi connectivity index (χ1n) is 18.8. The maximum Gasteiger partial charge on any atom is 1.00 e. The molecule has 13 N–H and O–H groups in total. The van der Waals surface area contributed by atoms with Crippen LogP contribution in [0.3, 0.4) is 0 Å².